The predicted molar refractivity (Wildman–Crippen MR) is 151 cm³/mol. The van der Waals surface area contributed by atoms with Crippen molar-refractivity contribution in [1.82, 2.24) is 29.2 Å². The maximum Gasteiger partial charge on any atom is 0.262 e. The Hall–Kier alpha value is -3.01. The van der Waals surface area contributed by atoms with Crippen LogP contribution in [0.4, 0.5) is 0 Å². The first-order valence-electron chi connectivity index (χ1n) is 14.4. The minimum absolute atomic E-state index is 0.0531. The predicted octanol–water partition coefficient (Wildman–Crippen LogP) is 2.21. The van der Waals surface area contributed by atoms with E-state index in [1.54, 1.807) is 10.9 Å². The summed E-state index contributed by atoms with van der Waals surface area (Å²) in [5.41, 5.74) is 0.773. The van der Waals surface area contributed by atoms with E-state index in [1.165, 1.54) is 5.56 Å². The first kappa shape index (κ1) is 26.2. The summed E-state index contributed by atoms with van der Waals surface area (Å²) in [6.45, 7) is 4.91. The van der Waals surface area contributed by atoms with Crippen LogP contribution in [0.2, 0.25) is 0 Å². The average Bonchev–Trinajstić information content (AvgIpc) is 3.40. The van der Waals surface area contributed by atoms with Gasteiger partial charge in [-0.2, -0.15) is 0 Å². The fourth-order valence-electron chi connectivity index (χ4n) is 6.81. The van der Waals surface area contributed by atoms with Crippen LogP contribution in [0.1, 0.15) is 49.6 Å². The molecular weight excluding hydrogens is 492 g/mol. The summed E-state index contributed by atoms with van der Waals surface area (Å²) in [6.07, 6.45) is 7.37. The molecule has 39 heavy (non-hydrogen) atoms. The third-order valence-electron chi connectivity index (χ3n) is 9.28. The lowest BCUT2D eigenvalue weighted by molar-refractivity contribution is -0.141. The van der Waals surface area contributed by atoms with Crippen molar-refractivity contribution < 1.29 is 9.90 Å². The summed E-state index contributed by atoms with van der Waals surface area (Å²) in [5.74, 6) is 0.289. The Morgan fingerprint density at radius 1 is 1.08 bits per heavy atom. The number of nitrogens with zero attached hydrogens (tertiary/aromatic N) is 5. The fourth-order valence-corrected chi connectivity index (χ4v) is 6.81. The lowest BCUT2D eigenvalue weighted by atomic mass is 9.80. The molecule has 9 nitrogen and oxygen atoms in total. The molecule has 0 unspecified atom stereocenters. The Labute approximate surface area is 229 Å². The third kappa shape index (κ3) is 5.27. The maximum atomic E-state index is 13.6. The van der Waals surface area contributed by atoms with E-state index in [9.17, 15) is 14.7 Å². The number of aliphatic hydroxyl groups is 1. The molecule has 2 N–H and O–H groups in total. The van der Waals surface area contributed by atoms with Gasteiger partial charge < -0.3 is 24.8 Å². The van der Waals surface area contributed by atoms with Gasteiger partial charge >= 0.3 is 0 Å². The highest BCUT2D eigenvalue weighted by atomic mass is 16.3. The fraction of sp³-hybridized carbons (Fsp3) is 0.567. The van der Waals surface area contributed by atoms with Gasteiger partial charge in [0, 0.05) is 43.7 Å². The van der Waals surface area contributed by atoms with Crippen molar-refractivity contribution in [1.29, 1.82) is 0 Å². The second kappa shape index (κ2) is 10.9. The van der Waals surface area contributed by atoms with E-state index in [4.69, 9.17) is 0 Å². The van der Waals surface area contributed by atoms with Crippen molar-refractivity contribution in [2.45, 2.75) is 56.2 Å². The van der Waals surface area contributed by atoms with Crippen molar-refractivity contribution >= 4 is 16.9 Å². The van der Waals surface area contributed by atoms with E-state index in [1.807, 2.05) is 35.4 Å². The van der Waals surface area contributed by atoms with Gasteiger partial charge in [-0.3, -0.25) is 14.2 Å². The summed E-state index contributed by atoms with van der Waals surface area (Å²) in [6, 6.07) is 12.5. The molecule has 208 valence electrons. The second-order valence-electron chi connectivity index (χ2n) is 11.8. The van der Waals surface area contributed by atoms with Crippen LogP contribution in [-0.4, -0.2) is 86.8 Å². The standard InChI is InChI=1S/C30H40N6O3/c1-33-14-8-23(9-15-33)36-16-10-25-27(36)32-21-35(29(25)38)20-30(39)11-17-34(18-12-30)28(37)24-7-13-31-19-26(24)22-5-3-2-4-6-22/h2-6,10,16,21,23-24,26,31,39H,7-9,11-15,17-20H2,1H3/t24-,26+/m1/s1. The van der Waals surface area contributed by atoms with Gasteiger partial charge in [0.2, 0.25) is 5.91 Å². The number of nitrogens with one attached hydrogen (secondary N) is 1. The van der Waals surface area contributed by atoms with Crippen molar-refractivity contribution in [3.63, 3.8) is 0 Å². The number of aromatic nitrogens is 3. The van der Waals surface area contributed by atoms with Crippen LogP contribution < -0.4 is 10.9 Å². The first-order valence-corrected chi connectivity index (χ1v) is 14.4. The smallest absolute Gasteiger partial charge is 0.262 e. The molecule has 3 aromatic rings. The molecule has 3 fully saturated rings. The van der Waals surface area contributed by atoms with Crippen molar-refractivity contribution in [2.75, 3.05) is 46.3 Å². The van der Waals surface area contributed by atoms with Crippen LogP contribution in [-0.2, 0) is 11.3 Å². The number of carbonyl (C=O) groups excluding carboxylic acids is 1. The summed E-state index contributed by atoms with van der Waals surface area (Å²) in [7, 11) is 2.14. The van der Waals surface area contributed by atoms with Crippen LogP contribution in [0.15, 0.2) is 53.7 Å². The van der Waals surface area contributed by atoms with Crippen LogP contribution in [0.25, 0.3) is 11.0 Å². The summed E-state index contributed by atoms with van der Waals surface area (Å²) < 4.78 is 3.70. The van der Waals surface area contributed by atoms with Crippen LogP contribution in [0.3, 0.4) is 0 Å². The van der Waals surface area contributed by atoms with Crippen LogP contribution in [0.5, 0.6) is 0 Å². The molecule has 6 rings (SSSR count). The topological polar surface area (TPSA) is 95.6 Å². The largest absolute Gasteiger partial charge is 0.388 e. The van der Waals surface area contributed by atoms with Gasteiger partial charge in [-0.15, -0.1) is 0 Å². The third-order valence-corrected chi connectivity index (χ3v) is 9.28. The number of rotatable bonds is 5. The molecule has 2 aromatic heterocycles. The molecule has 3 aliphatic heterocycles. The van der Waals surface area contributed by atoms with Gasteiger partial charge in [0.1, 0.15) is 12.0 Å². The van der Waals surface area contributed by atoms with Gasteiger partial charge in [0.25, 0.3) is 5.56 Å². The molecule has 2 atom stereocenters. The normalized spacial score (nSPS) is 24.7. The molecule has 3 saturated heterocycles. The van der Waals surface area contributed by atoms with E-state index in [-0.39, 0.29) is 29.8 Å². The SMILES string of the molecule is CN1CCC(n2ccc3c(=O)n(CC4(O)CCN(C(=O)[C@@H]5CCNC[C@H]5c5ccccc5)CC4)cnc32)CC1. The number of piperidine rings is 3. The average molecular weight is 533 g/mol. The zero-order valence-corrected chi connectivity index (χ0v) is 22.8. The minimum atomic E-state index is -1.04. The number of hydrogen-bond donors (Lipinski definition) is 2. The summed E-state index contributed by atoms with van der Waals surface area (Å²) >= 11 is 0. The van der Waals surface area contributed by atoms with Crippen molar-refractivity contribution in [3.8, 4) is 0 Å². The Kier molecular flexibility index (Phi) is 7.31. The Morgan fingerprint density at radius 2 is 1.82 bits per heavy atom. The monoisotopic (exact) mass is 532 g/mol. The number of amides is 1. The van der Waals surface area contributed by atoms with E-state index in [0.717, 1.165) is 51.1 Å². The van der Waals surface area contributed by atoms with Crippen LogP contribution in [0, 0.1) is 5.92 Å². The molecule has 9 heteroatoms. The van der Waals surface area contributed by atoms with Crippen molar-refractivity contribution in [2.24, 2.45) is 5.92 Å². The Balaban J connectivity index is 1.12. The number of benzene rings is 1. The van der Waals surface area contributed by atoms with E-state index in [0.29, 0.717) is 37.4 Å². The number of hydrogen-bond acceptors (Lipinski definition) is 6. The van der Waals surface area contributed by atoms with Crippen molar-refractivity contribution in [3.05, 3.63) is 64.8 Å². The highest BCUT2D eigenvalue weighted by Crippen LogP contribution is 2.33. The molecule has 3 aliphatic rings. The quantitative estimate of drug-likeness (QED) is 0.523. The lowest BCUT2D eigenvalue weighted by Crippen LogP contribution is -2.52. The van der Waals surface area contributed by atoms with E-state index >= 15 is 0 Å². The molecule has 1 amide bonds. The van der Waals surface area contributed by atoms with Gasteiger partial charge in [-0.25, -0.2) is 4.98 Å². The molecule has 5 heterocycles. The molecule has 1 aromatic carbocycles. The number of likely N-dealkylation sites (tertiary alicyclic amines) is 2. The zero-order chi connectivity index (χ0) is 27.0. The molecule has 0 radical (unpaired) electrons. The second-order valence-corrected chi connectivity index (χ2v) is 11.8. The lowest BCUT2D eigenvalue weighted by Gasteiger charge is -2.41. The molecule has 0 saturated carbocycles. The number of carbonyl (C=O) groups is 1. The zero-order valence-electron chi connectivity index (χ0n) is 22.8. The van der Waals surface area contributed by atoms with E-state index in [2.05, 4.69) is 38.9 Å². The highest BCUT2D eigenvalue weighted by Gasteiger charge is 2.39. The minimum Gasteiger partial charge on any atom is -0.388 e. The molecular formula is C30H40N6O3. The van der Waals surface area contributed by atoms with Gasteiger partial charge in [-0.1, -0.05) is 30.3 Å². The summed E-state index contributed by atoms with van der Waals surface area (Å²) in [4.78, 5) is 35.9. The molecule has 0 spiro atoms. The van der Waals surface area contributed by atoms with Crippen LogP contribution >= 0.6 is 0 Å². The Bertz CT molecular complexity index is 1350. The Morgan fingerprint density at radius 3 is 2.56 bits per heavy atom. The first-order chi connectivity index (χ1) is 18.9. The highest BCUT2D eigenvalue weighted by molar-refractivity contribution is 5.80. The van der Waals surface area contributed by atoms with Gasteiger partial charge in [0.15, 0.2) is 0 Å². The number of fused-ring (bicyclic) bond motifs is 1. The molecule has 0 bridgehead atoms. The van der Waals surface area contributed by atoms with E-state index < -0.39 is 5.60 Å². The molecule has 0 aliphatic carbocycles. The van der Waals surface area contributed by atoms with Gasteiger partial charge in [-0.05, 0) is 70.4 Å². The summed E-state index contributed by atoms with van der Waals surface area (Å²) in [5, 5.41) is 15.5. The van der Waals surface area contributed by atoms with Gasteiger partial charge in [0.05, 0.1) is 17.5 Å². The maximum absolute atomic E-state index is 13.6.